The zero-order chi connectivity index (χ0) is 14.9. The number of hydrogen-bond acceptors (Lipinski definition) is 5. The van der Waals surface area contributed by atoms with Gasteiger partial charge in [-0.1, -0.05) is 0 Å². The Morgan fingerprint density at radius 2 is 2.20 bits per heavy atom. The lowest BCUT2D eigenvalue weighted by Crippen LogP contribution is -2.14. The van der Waals surface area contributed by atoms with Crippen LogP contribution < -0.4 is 10.5 Å². The highest BCUT2D eigenvalue weighted by Gasteiger charge is 2.21. The monoisotopic (exact) mass is 295 g/mol. The van der Waals surface area contributed by atoms with Gasteiger partial charge in [-0.05, 0) is 18.2 Å². The van der Waals surface area contributed by atoms with Gasteiger partial charge in [0.2, 0.25) is 0 Å². The van der Waals surface area contributed by atoms with Crippen molar-refractivity contribution in [1.29, 1.82) is 5.26 Å². The Kier molecular flexibility index (Phi) is 3.33. The summed E-state index contributed by atoms with van der Waals surface area (Å²) in [6.45, 7) is 0. The molecular weight excluding hydrogens is 285 g/mol. The third kappa shape index (κ3) is 2.55. The van der Waals surface area contributed by atoms with Crippen molar-refractivity contribution in [3.8, 4) is 6.07 Å². The van der Waals surface area contributed by atoms with Crippen LogP contribution in [-0.2, 0) is 17.1 Å². The number of nitriles is 1. The second-order valence-corrected chi connectivity index (χ2v) is 5.62. The molecule has 7 nitrogen and oxygen atoms in total. The quantitative estimate of drug-likeness (QED) is 0.870. The number of sulfonamides is 1. The molecule has 0 amide bonds. The molecule has 0 atom stereocenters. The molecule has 2 aromatic rings. The number of aromatic nitrogens is 2. The molecule has 0 fully saturated rings. The minimum Gasteiger partial charge on any atom is -0.381 e. The smallest absolute Gasteiger partial charge is 0.267 e. The summed E-state index contributed by atoms with van der Waals surface area (Å²) >= 11 is 0. The van der Waals surface area contributed by atoms with Crippen molar-refractivity contribution >= 4 is 21.5 Å². The predicted octanol–water partition coefficient (Wildman–Crippen LogP) is 0.814. The number of benzene rings is 1. The van der Waals surface area contributed by atoms with E-state index in [1.807, 2.05) is 0 Å². The number of nitrogen functional groups attached to an aromatic ring is 1. The van der Waals surface area contributed by atoms with Crippen LogP contribution >= 0.6 is 0 Å². The molecule has 0 radical (unpaired) electrons. The fraction of sp³-hybridized carbons (Fsp3) is 0.0909. The highest BCUT2D eigenvalue weighted by Crippen LogP contribution is 2.21. The first kappa shape index (κ1) is 13.8. The molecule has 0 aliphatic rings. The summed E-state index contributed by atoms with van der Waals surface area (Å²) in [6, 6.07) is 4.93. The van der Waals surface area contributed by atoms with Crippen LogP contribution in [0.5, 0.6) is 0 Å². The van der Waals surface area contributed by atoms with Gasteiger partial charge < -0.3 is 5.73 Å². The summed E-state index contributed by atoms with van der Waals surface area (Å²) in [5.74, 6) is -0.876. The number of halogens is 1. The Morgan fingerprint density at radius 3 is 2.75 bits per heavy atom. The molecule has 9 heteroatoms. The minimum atomic E-state index is -3.95. The van der Waals surface area contributed by atoms with E-state index >= 15 is 0 Å². The summed E-state index contributed by atoms with van der Waals surface area (Å²) in [5.41, 5.74) is 5.30. The van der Waals surface area contributed by atoms with E-state index in [-0.39, 0.29) is 22.0 Å². The van der Waals surface area contributed by atoms with Crippen molar-refractivity contribution in [2.45, 2.75) is 4.90 Å². The number of aryl methyl sites for hydroxylation is 1. The van der Waals surface area contributed by atoms with Crippen molar-refractivity contribution in [2.24, 2.45) is 7.05 Å². The topological polar surface area (TPSA) is 114 Å². The normalized spacial score (nSPS) is 11.1. The van der Waals surface area contributed by atoms with Crippen LogP contribution in [0.1, 0.15) is 5.56 Å². The largest absolute Gasteiger partial charge is 0.381 e. The highest BCUT2D eigenvalue weighted by molar-refractivity contribution is 7.92. The number of hydrogen-bond donors (Lipinski definition) is 2. The van der Waals surface area contributed by atoms with Crippen molar-refractivity contribution in [3.63, 3.8) is 0 Å². The van der Waals surface area contributed by atoms with Crippen molar-refractivity contribution in [2.75, 3.05) is 10.5 Å². The third-order valence-electron chi connectivity index (χ3n) is 2.45. The minimum absolute atomic E-state index is 0.0613. The van der Waals surface area contributed by atoms with Crippen LogP contribution in [0.2, 0.25) is 0 Å². The van der Waals surface area contributed by atoms with Crippen LogP contribution in [0.25, 0.3) is 0 Å². The summed E-state index contributed by atoms with van der Waals surface area (Å²) < 4.78 is 40.8. The second kappa shape index (κ2) is 4.82. The molecule has 0 aliphatic carbocycles. The molecule has 20 heavy (non-hydrogen) atoms. The van der Waals surface area contributed by atoms with Gasteiger partial charge in [0, 0.05) is 13.2 Å². The summed E-state index contributed by atoms with van der Waals surface area (Å²) in [5, 5.41) is 12.4. The van der Waals surface area contributed by atoms with Crippen molar-refractivity contribution < 1.29 is 12.8 Å². The van der Waals surface area contributed by atoms with E-state index in [2.05, 4.69) is 9.82 Å². The molecule has 1 aromatic carbocycles. The van der Waals surface area contributed by atoms with E-state index in [4.69, 9.17) is 11.0 Å². The lowest BCUT2D eigenvalue weighted by Gasteiger charge is -2.07. The lowest BCUT2D eigenvalue weighted by molar-refractivity contribution is 0.601. The van der Waals surface area contributed by atoms with Crippen LogP contribution in [0, 0.1) is 17.1 Å². The maximum absolute atomic E-state index is 13.2. The molecule has 0 saturated carbocycles. The number of nitrogens with one attached hydrogen (secondary N) is 1. The predicted molar refractivity (Wildman–Crippen MR) is 69.5 cm³/mol. The maximum Gasteiger partial charge on any atom is 0.267 e. The van der Waals surface area contributed by atoms with E-state index in [1.165, 1.54) is 24.0 Å². The van der Waals surface area contributed by atoms with E-state index in [9.17, 15) is 12.8 Å². The number of anilines is 2. The zero-order valence-corrected chi connectivity index (χ0v) is 11.1. The molecule has 0 aliphatic heterocycles. The fourth-order valence-electron chi connectivity index (χ4n) is 1.58. The standard InChI is InChI=1S/C11H10FN5O2S/c1-17-6-10(11(14)15-17)20(18,19)16-8-2-3-9(12)7(4-8)5-13/h2-4,6,16H,1H3,(H2,14,15). The molecule has 0 spiro atoms. The Hall–Kier alpha value is -2.60. The fourth-order valence-corrected chi connectivity index (χ4v) is 2.73. The van der Waals surface area contributed by atoms with Gasteiger partial charge in [0.25, 0.3) is 10.0 Å². The van der Waals surface area contributed by atoms with Crippen molar-refractivity contribution in [1.82, 2.24) is 9.78 Å². The van der Waals surface area contributed by atoms with Gasteiger partial charge in [0.05, 0.1) is 11.3 Å². The first-order valence-corrected chi connectivity index (χ1v) is 6.83. The molecule has 3 N–H and O–H groups in total. The maximum atomic E-state index is 13.2. The van der Waals surface area contributed by atoms with Gasteiger partial charge in [0.1, 0.15) is 16.8 Å². The Morgan fingerprint density at radius 1 is 1.50 bits per heavy atom. The first-order chi connectivity index (χ1) is 9.33. The SMILES string of the molecule is Cn1cc(S(=O)(=O)Nc2ccc(F)c(C#N)c2)c(N)n1. The average Bonchev–Trinajstić information content (AvgIpc) is 2.71. The van der Waals surface area contributed by atoms with Crippen LogP contribution in [0.3, 0.4) is 0 Å². The molecule has 1 aromatic heterocycles. The van der Waals surface area contributed by atoms with Crippen molar-refractivity contribution in [3.05, 3.63) is 35.8 Å². The number of rotatable bonds is 3. The van der Waals surface area contributed by atoms with Gasteiger partial charge in [-0.3, -0.25) is 9.40 Å². The number of nitrogens with zero attached hydrogens (tertiary/aromatic N) is 3. The van der Waals surface area contributed by atoms with Crippen LogP contribution in [-0.4, -0.2) is 18.2 Å². The highest BCUT2D eigenvalue weighted by atomic mass is 32.2. The van der Waals surface area contributed by atoms with Gasteiger partial charge in [-0.2, -0.15) is 10.4 Å². The molecule has 0 saturated heterocycles. The molecule has 0 bridgehead atoms. The summed E-state index contributed by atoms with van der Waals surface area (Å²) in [6.07, 6.45) is 1.24. The first-order valence-electron chi connectivity index (χ1n) is 5.35. The Bertz CT molecular complexity index is 807. The van der Waals surface area contributed by atoms with Gasteiger partial charge in [0.15, 0.2) is 5.82 Å². The van der Waals surface area contributed by atoms with Gasteiger partial charge in [-0.15, -0.1) is 0 Å². The van der Waals surface area contributed by atoms with E-state index in [0.717, 1.165) is 12.1 Å². The Balaban J connectivity index is 2.39. The number of nitrogens with two attached hydrogens (primary N) is 1. The zero-order valence-electron chi connectivity index (χ0n) is 10.3. The summed E-state index contributed by atoms with van der Waals surface area (Å²) in [7, 11) is -2.42. The van der Waals surface area contributed by atoms with E-state index in [0.29, 0.717) is 0 Å². The molecule has 2 rings (SSSR count). The average molecular weight is 295 g/mol. The van der Waals surface area contributed by atoms with Gasteiger partial charge in [-0.25, -0.2) is 12.8 Å². The molecule has 104 valence electrons. The van der Waals surface area contributed by atoms with Gasteiger partial charge >= 0.3 is 0 Å². The van der Waals surface area contributed by atoms with Crippen LogP contribution in [0.4, 0.5) is 15.9 Å². The van der Waals surface area contributed by atoms with Crippen LogP contribution in [0.15, 0.2) is 29.3 Å². The molecule has 1 heterocycles. The molecule has 0 unspecified atom stereocenters. The van der Waals surface area contributed by atoms with E-state index in [1.54, 1.807) is 6.07 Å². The Labute approximate surface area is 114 Å². The summed E-state index contributed by atoms with van der Waals surface area (Å²) in [4.78, 5) is -0.192. The third-order valence-corrected chi connectivity index (χ3v) is 3.85. The second-order valence-electron chi connectivity index (χ2n) is 3.96. The molecular formula is C11H10FN5O2S. The van der Waals surface area contributed by atoms with E-state index < -0.39 is 15.8 Å². The lowest BCUT2D eigenvalue weighted by atomic mass is 10.2.